The summed E-state index contributed by atoms with van der Waals surface area (Å²) in [5.41, 5.74) is 25.0. The second-order valence-corrected chi connectivity index (χ2v) is 31.0. The highest BCUT2D eigenvalue weighted by molar-refractivity contribution is 7.26. The first-order valence-electron chi connectivity index (χ1n) is 29.5. The lowest BCUT2D eigenvalue weighted by Gasteiger charge is -2.59. The Morgan fingerprint density at radius 3 is 1.65 bits per heavy atom. The molecular weight excluding hydrogens is 960 g/mol. The summed E-state index contributed by atoms with van der Waals surface area (Å²) in [5, 5.41) is 2.73. The third kappa shape index (κ3) is 8.46. The smallest absolute Gasteiger partial charge is 0.249 e. The number of hydrogen-bond donors (Lipinski definition) is 0. The molecule has 0 radical (unpaired) electrons. The zero-order valence-corrected chi connectivity index (χ0v) is 51.1. The van der Waals surface area contributed by atoms with Gasteiger partial charge in [0.2, 0.25) is 6.71 Å². The monoisotopic (exact) mass is 1040 g/mol. The van der Waals surface area contributed by atoms with Crippen molar-refractivity contribution >= 4 is 78.0 Å². The molecule has 3 atom stereocenters. The van der Waals surface area contributed by atoms with Gasteiger partial charge in [-0.05, 0) is 178 Å². The molecule has 1 fully saturated rings. The highest BCUT2D eigenvalue weighted by Crippen LogP contribution is 2.63. The van der Waals surface area contributed by atoms with Crippen molar-refractivity contribution < 1.29 is 0 Å². The first-order chi connectivity index (χ1) is 36.5. The van der Waals surface area contributed by atoms with E-state index in [1.165, 1.54) is 125 Å². The van der Waals surface area contributed by atoms with Crippen LogP contribution in [0.4, 0.5) is 33.4 Å². The first kappa shape index (κ1) is 52.8. The molecule has 2 nitrogen and oxygen atoms in total. The Hall–Kier alpha value is -5.84. The molecule has 2 unspecified atom stereocenters. The van der Waals surface area contributed by atoms with E-state index in [0.29, 0.717) is 0 Å². The summed E-state index contributed by atoms with van der Waals surface area (Å²) in [6.07, 6.45) is 6.23. The standard InChI is InChI=1S/C74H85BN2S/c1-68(2,3)47-25-31-52(32-26-47)76(53-33-27-48(28-34-53)69(4,5)6)54-43-57-58-45-73(16)37-21-22-38-74(73,17)59-40-51(72(13,14)15)41-60(64(58)59)75-65(57)62(44-54)77(67-66(75)55-35-29-50(71(10,11)12)42-63(55)78-67)61-36-30-49(70(7,8)9)39-56(61)46-23-19-18-20-24-46/h18-20,23-36,39-44,58H,21-22,37-38,45H2,1-17H3/t58-,73?,74?/m1/s1. The summed E-state index contributed by atoms with van der Waals surface area (Å²) in [7, 11) is 0. The normalized spacial score (nSPS) is 20.0. The third-order valence-corrected chi connectivity index (χ3v) is 20.7. The molecule has 7 aromatic carbocycles. The largest absolute Gasteiger partial charge is 0.310 e. The molecule has 0 bridgehead atoms. The first-order valence-corrected chi connectivity index (χ1v) is 30.3. The average molecular weight is 1050 g/mol. The Bertz CT molecular complexity index is 3600. The number of nitrogens with zero attached hydrogens (tertiary/aromatic N) is 2. The van der Waals surface area contributed by atoms with Crippen molar-refractivity contribution in [1.82, 2.24) is 0 Å². The molecule has 12 rings (SSSR count). The zero-order chi connectivity index (χ0) is 55.4. The summed E-state index contributed by atoms with van der Waals surface area (Å²) in [4.78, 5) is 5.36. The number of benzene rings is 7. The summed E-state index contributed by atoms with van der Waals surface area (Å²) >= 11 is 2.01. The molecule has 0 amide bonds. The fourth-order valence-electron chi connectivity index (χ4n) is 14.5. The van der Waals surface area contributed by atoms with Crippen LogP contribution in [0.2, 0.25) is 0 Å². The van der Waals surface area contributed by atoms with Crippen LogP contribution >= 0.6 is 11.3 Å². The fraction of sp³-hybridized carbons (Fsp3) is 0.405. The van der Waals surface area contributed by atoms with Gasteiger partial charge in [0.25, 0.3) is 0 Å². The number of rotatable bonds is 5. The summed E-state index contributed by atoms with van der Waals surface area (Å²) in [6.45, 7) is 40.9. The van der Waals surface area contributed by atoms with Gasteiger partial charge in [0, 0.05) is 38.9 Å². The fourth-order valence-corrected chi connectivity index (χ4v) is 15.8. The third-order valence-electron chi connectivity index (χ3n) is 19.6. The molecule has 78 heavy (non-hydrogen) atoms. The minimum Gasteiger partial charge on any atom is -0.310 e. The Morgan fingerprint density at radius 2 is 1.06 bits per heavy atom. The number of hydrogen-bond acceptors (Lipinski definition) is 3. The van der Waals surface area contributed by atoms with E-state index in [9.17, 15) is 0 Å². The van der Waals surface area contributed by atoms with Gasteiger partial charge >= 0.3 is 0 Å². The Labute approximate surface area is 473 Å². The zero-order valence-electron chi connectivity index (χ0n) is 50.3. The van der Waals surface area contributed by atoms with Gasteiger partial charge in [0.05, 0.1) is 10.7 Å². The molecule has 400 valence electrons. The number of fused-ring (bicyclic) bond motifs is 8. The van der Waals surface area contributed by atoms with E-state index in [1.54, 1.807) is 16.6 Å². The lowest BCUT2D eigenvalue weighted by Crippen LogP contribution is -2.64. The van der Waals surface area contributed by atoms with Gasteiger partial charge in [0.1, 0.15) is 0 Å². The SMILES string of the molecule is CC(C)(C)c1ccc(N(c2ccc(C(C)(C)C)cc2)c2cc3c4c(c2)N(c2ccc(C(C)(C)C)cc2-c2ccccc2)c2sc5cc(C(C)(C)C)ccc5c2B4c2cc(C(C)(C)C)cc4c2[C@@H]3CC2(C)CCCCC42C)cc1. The highest BCUT2D eigenvalue weighted by Gasteiger charge is 2.57. The lowest BCUT2D eigenvalue weighted by molar-refractivity contribution is 0.0602. The number of thiophene rings is 1. The van der Waals surface area contributed by atoms with Crippen molar-refractivity contribution in [3.8, 4) is 11.1 Å². The quantitative estimate of drug-likeness (QED) is 0.159. The molecule has 4 aliphatic rings. The van der Waals surface area contributed by atoms with Crippen LogP contribution in [0.3, 0.4) is 0 Å². The van der Waals surface area contributed by atoms with E-state index >= 15 is 0 Å². The second-order valence-electron chi connectivity index (χ2n) is 29.9. The average Bonchev–Trinajstić information content (AvgIpc) is 2.19. The molecular formula is C74H85BN2S. The van der Waals surface area contributed by atoms with Gasteiger partial charge in [-0.2, -0.15) is 0 Å². The van der Waals surface area contributed by atoms with Gasteiger partial charge in [-0.1, -0.05) is 221 Å². The van der Waals surface area contributed by atoms with Crippen LogP contribution in [-0.4, -0.2) is 6.71 Å². The van der Waals surface area contributed by atoms with Crippen molar-refractivity contribution in [2.45, 2.75) is 188 Å². The molecule has 3 heterocycles. The maximum Gasteiger partial charge on any atom is 0.249 e. The molecule has 8 aromatic rings. The van der Waals surface area contributed by atoms with Gasteiger partial charge in [-0.3, -0.25) is 0 Å². The van der Waals surface area contributed by atoms with Crippen LogP contribution in [0, 0.1) is 5.41 Å². The molecule has 2 aliphatic carbocycles. The summed E-state index contributed by atoms with van der Waals surface area (Å²) in [6, 6.07) is 55.9. The molecule has 0 saturated heterocycles. The van der Waals surface area contributed by atoms with Crippen LogP contribution < -0.4 is 26.2 Å². The topological polar surface area (TPSA) is 6.48 Å². The lowest BCUT2D eigenvalue weighted by atomic mass is 9.29. The van der Waals surface area contributed by atoms with Crippen LogP contribution in [0.5, 0.6) is 0 Å². The van der Waals surface area contributed by atoms with Crippen molar-refractivity contribution in [1.29, 1.82) is 0 Å². The van der Waals surface area contributed by atoms with Gasteiger partial charge in [-0.15, -0.1) is 11.3 Å². The molecule has 4 heteroatoms. The van der Waals surface area contributed by atoms with Crippen LogP contribution in [0.25, 0.3) is 21.2 Å². The van der Waals surface area contributed by atoms with E-state index in [0.717, 1.165) is 6.42 Å². The minimum atomic E-state index is -0.0390. The molecule has 2 aliphatic heterocycles. The van der Waals surface area contributed by atoms with Crippen LogP contribution in [0.1, 0.15) is 200 Å². The second kappa shape index (κ2) is 17.8. The van der Waals surface area contributed by atoms with Crippen LogP contribution in [-0.2, 0) is 32.5 Å². The van der Waals surface area contributed by atoms with Gasteiger partial charge in [-0.25, -0.2) is 0 Å². The van der Waals surface area contributed by atoms with Crippen LogP contribution in [0.15, 0.2) is 140 Å². The summed E-state index contributed by atoms with van der Waals surface area (Å²) in [5.74, 6) is 0.233. The highest BCUT2D eigenvalue weighted by atomic mass is 32.1. The Kier molecular flexibility index (Phi) is 12.1. The Balaban J connectivity index is 1.25. The molecule has 0 N–H and O–H groups in total. The van der Waals surface area contributed by atoms with Gasteiger partial charge < -0.3 is 9.80 Å². The molecule has 0 spiro atoms. The number of anilines is 6. The molecule has 1 saturated carbocycles. The summed E-state index contributed by atoms with van der Waals surface area (Å²) < 4.78 is 1.37. The van der Waals surface area contributed by atoms with Crippen molar-refractivity contribution in [2.24, 2.45) is 5.41 Å². The van der Waals surface area contributed by atoms with E-state index < -0.39 is 0 Å². The maximum absolute atomic E-state index is 2.77. The molecule has 1 aromatic heterocycles. The van der Waals surface area contributed by atoms with Gasteiger partial charge in [0.15, 0.2) is 0 Å². The van der Waals surface area contributed by atoms with E-state index in [-0.39, 0.29) is 50.5 Å². The maximum atomic E-state index is 2.77. The predicted octanol–water partition coefficient (Wildman–Crippen LogP) is 19.5. The Morgan fingerprint density at radius 1 is 0.513 bits per heavy atom. The van der Waals surface area contributed by atoms with Crippen molar-refractivity contribution in [3.63, 3.8) is 0 Å². The minimum absolute atomic E-state index is 0.00651. The van der Waals surface area contributed by atoms with E-state index in [1.807, 2.05) is 11.3 Å². The van der Waals surface area contributed by atoms with Crippen molar-refractivity contribution in [3.05, 3.63) is 184 Å². The van der Waals surface area contributed by atoms with E-state index in [4.69, 9.17) is 0 Å². The van der Waals surface area contributed by atoms with E-state index in [2.05, 4.69) is 267 Å². The predicted molar refractivity (Wildman–Crippen MR) is 342 cm³/mol. The van der Waals surface area contributed by atoms with Crippen molar-refractivity contribution in [2.75, 3.05) is 9.80 Å².